The second-order valence-corrected chi connectivity index (χ2v) is 5.80. The Labute approximate surface area is 116 Å². The molecule has 1 atom stereocenters. The summed E-state index contributed by atoms with van der Waals surface area (Å²) in [6.07, 6.45) is 2.82. The fourth-order valence-electron chi connectivity index (χ4n) is 3.32. The van der Waals surface area contributed by atoms with Crippen LogP contribution in [-0.4, -0.2) is 55.1 Å². The Bertz CT molecular complexity index is 379. The van der Waals surface area contributed by atoms with Crippen molar-refractivity contribution in [3.05, 3.63) is 35.9 Å². The average molecular weight is 259 g/mol. The van der Waals surface area contributed by atoms with Gasteiger partial charge in [0, 0.05) is 45.3 Å². The Morgan fingerprint density at radius 1 is 1.11 bits per heavy atom. The Hall–Kier alpha value is -0.900. The van der Waals surface area contributed by atoms with E-state index in [0.717, 1.165) is 19.1 Å². The van der Waals surface area contributed by atoms with Gasteiger partial charge in [0.2, 0.25) is 0 Å². The fraction of sp³-hybridized carbons (Fsp3) is 0.625. The first-order valence-corrected chi connectivity index (χ1v) is 7.63. The third-order valence-corrected chi connectivity index (χ3v) is 4.45. The topological polar surface area (TPSA) is 18.5 Å². The summed E-state index contributed by atoms with van der Waals surface area (Å²) in [6, 6.07) is 11.5. The summed E-state index contributed by atoms with van der Waals surface area (Å²) in [5, 5.41) is 3.55. The van der Waals surface area contributed by atoms with Crippen LogP contribution in [0.25, 0.3) is 0 Å². The molecule has 0 aromatic heterocycles. The second-order valence-electron chi connectivity index (χ2n) is 5.80. The van der Waals surface area contributed by atoms with Crippen molar-refractivity contribution in [1.82, 2.24) is 15.1 Å². The molecule has 0 aliphatic carbocycles. The third kappa shape index (κ3) is 3.56. The standard InChI is InChI=1S/C16H25N3/c1-2-5-15(6-3-1)13-17-8-10-18-11-12-19-9-4-7-16(19)14-18/h1-3,5-6,16-17H,4,7-14H2. The molecular weight excluding hydrogens is 234 g/mol. The Kier molecular flexibility index (Phi) is 4.49. The number of benzene rings is 1. The lowest BCUT2D eigenvalue weighted by atomic mass is 10.1. The van der Waals surface area contributed by atoms with E-state index in [4.69, 9.17) is 0 Å². The van der Waals surface area contributed by atoms with Crippen molar-refractivity contribution < 1.29 is 0 Å². The molecule has 2 fully saturated rings. The van der Waals surface area contributed by atoms with Crippen LogP contribution in [0, 0.1) is 0 Å². The van der Waals surface area contributed by atoms with Crippen LogP contribution >= 0.6 is 0 Å². The van der Waals surface area contributed by atoms with Crippen molar-refractivity contribution in [2.24, 2.45) is 0 Å². The average Bonchev–Trinajstić information content (AvgIpc) is 2.92. The molecule has 19 heavy (non-hydrogen) atoms. The number of fused-ring (bicyclic) bond motifs is 1. The Balaban J connectivity index is 1.34. The second kappa shape index (κ2) is 6.51. The van der Waals surface area contributed by atoms with E-state index < -0.39 is 0 Å². The normalized spacial score (nSPS) is 24.5. The van der Waals surface area contributed by atoms with E-state index in [1.807, 2.05) is 0 Å². The summed E-state index contributed by atoms with van der Waals surface area (Å²) in [7, 11) is 0. The predicted molar refractivity (Wildman–Crippen MR) is 79.2 cm³/mol. The molecule has 0 amide bonds. The maximum Gasteiger partial charge on any atom is 0.0224 e. The number of hydrogen-bond acceptors (Lipinski definition) is 3. The van der Waals surface area contributed by atoms with Gasteiger partial charge in [-0.1, -0.05) is 30.3 Å². The predicted octanol–water partition coefficient (Wildman–Crippen LogP) is 1.56. The van der Waals surface area contributed by atoms with E-state index in [0.29, 0.717) is 0 Å². The summed E-state index contributed by atoms with van der Waals surface area (Å²) in [5.74, 6) is 0. The van der Waals surface area contributed by atoms with Crippen molar-refractivity contribution in [3.63, 3.8) is 0 Å². The van der Waals surface area contributed by atoms with Crippen molar-refractivity contribution in [1.29, 1.82) is 0 Å². The van der Waals surface area contributed by atoms with Crippen LogP contribution < -0.4 is 5.32 Å². The molecule has 3 nitrogen and oxygen atoms in total. The fourth-order valence-corrected chi connectivity index (χ4v) is 3.32. The zero-order chi connectivity index (χ0) is 12.9. The lowest BCUT2D eigenvalue weighted by Gasteiger charge is -2.37. The quantitative estimate of drug-likeness (QED) is 0.810. The van der Waals surface area contributed by atoms with Gasteiger partial charge in [-0.25, -0.2) is 0 Å². The van der Waals surface area contributed by atoms with Crippen LogP contribution in [0.3, 0.4) is 0 Å². The first-order chi connectivity index (χ1) is 9.42. The molecule has 0 radical (unpaired) electrons. The minimum absolute atomic E-state index is 0.850. The first kappa shape index (κ1) is 13.1. The molecule has 2 saturated heterocycles. The molecule has 1 N–H and O–H groups in total. The molecule has 1 aromatic rings. The van der Waals surface area contributed by atoms with Gasteiger partial charge in [0.05, 0.1) is 0 Å². The van der Waals surface area contributed by atoms with Crippen molar-refractivity contribution >= 4 is 0 Å². The molecule has 3 rings (SSSR count). The van der Waals surface area contributed by atoms with E-state index in [9.17, 15) is 0 Å². The molecule has 2 aliphatic rings. The van der Waals surface area contributed by atoms with Gasteiger partial charge in [-0.15, -0.1) is 0 Å². The Morgan fingerprint density at radius 2 is 2.00 bits per heavy atom. The SMILES string of the molecule is c1ccc(CNCCN2CCN3CCCC3C2)cc1. The van der Waals surface area contributed by atoms with Crippen molar-refractivity contribution in [2.45, 2.75) is 25.4 Å². The van der Waals surface area contributed by atoms with E-state index in [2.05, 4.69) is 45.4 Å². The smallest absolute Gasteiger partial charge is 0.0224 e. The van der Waals surface area contributed by atoms with E-state index >= 15 is 0 Å². The maximum absolute atomic E-state index is 3.55. The molecule has 2 heterocycles. The van der Waals surface area contributed by atoms with E-state index in [1.54, 1.807) is 0 Å². The van der Waals surface area contributed by atoms with Crippen LogP contribution in [0.15, 0.2) is 30.3 Å². The molecule has 0 spiro atoms. The number of piperazine rings is 1. The lowest BCUT2D eigenvalue weighted by Crippen LogP contribution is -2.51. The highest BCUT2D eigenvalue weighted by molar-refractivity contribution is 5.14. The van der Waals surface area contributed by atoms with Crippen molar-refractivity contribution in [3.8, 4) is 0 Å². The highest BCUT2D eigenvalue weighted by Crippen LogP contribution is 2.20. The molecule has 1 unspecified atom stereocenters. The van der Waals surface area contributed by atoms with Gasteiger partial charge in [0.1, 0.15) is 0 Å². The third-order valence-electron chi connectivity index (χ3n) is 4.45. The molecule has 3 heteroatoms. The summed E-state index contributed by atoms with van der Waals surface area (Å²) >= 11 is 0. The molecule has 0 saturated carbocycles. The minimum atomic E-state index is 0.850. The maximum atomic E-state index is 3.55. The molecule has 1 aromatic carbocycles. The van der Waals surface area contributed by atoms with Crippen molar-refractivity contribution in [2.75, 3.05) is 39.3 Å². The summed E-state index contributed by atoms with van der Waals surface area (Å²) in [4.78, 5) is 5.30. The summed E-state index contributed by atoms with van der Waals surface area (Å²) in [6.45, 7) is 8.44. The zero-order valence-electron chi connectivity index (χ0n) is 11.7. The van der Waals surface area contributed by atoms with E-state index in [1.165, 1.54) is 51.1 Å². The van der Waals surface area contributed by atoms with Gasteiger partial charge in [0.25, 0.3) is 0 Å². The zero-order valence-corrected chi connectivity index (χ0v) is 11.7. The van der Waals surface area contributed by atoms with Crippen LogP contribution in [0.5, 0.6) is 0 Å². The lowest BCUT2D eigenvalue weighted by molar-refractivity contribution is 0.105. The summed E-state index contributed by atoms with van der Waals surface area (Å²) < 4.78 is 0. The molecule has 2 aliphatic heterocycles. The largest absolute Gasteiger partial charge is 0.311 e. The van der Waals surface area contributed by atoms with Gasteiger partial charge < -0.3 is 5.32 Å². The molecule has 0 bridgehead atoms. The van der Waals surface area contributed by atoms with Gasteiger partial charge >= 0.3 is 0 Å². The number of rotatable bonds is 5. The van der Waals surface area contributed by atoms with Gasteiger partial charge in [-0.2, -0.15) is 0 Å². The monoisotopic (exact) mass is 259 g/mol. The summed E-state index contributed by atoms with van der Waals surface area (Å²) in [5.41, 5.74) is 1.38. The van der Waals surface area contributed by atoms with Gasteiger partial charge in [0.15, 0.2) is 0 Å². The number of hydrogen-bond donors (Lipinski definition) is 1. The Morgan fingerprint density at radius 3 is 2.89 bits per heavy atom. The van der Waals surface area contributed by atoms with Crippen LogP contribution in [0.2, 0.25) is 0 Å². The number of nitrogens with zero attached hydrogens (tertiary/aromatic N) is 2. The van der Waals surface area contributed by atoms with Crippen LogP contribution in [0.1, 0.15) is 18.4 Å². The molecular formula is C16H25N3. The molecule has 104 valence electrons. The highest BCUT2D eigenvalue weighted by atomic mass is 15.3. The number of nitrogens with one attached hydrogen (secondary N) is 1. The highest BCUT2D eigenvalue weighted by Gasteiger charge is 2.29. The van der Waals surface area contributed by atoms with Crippen LogP contribution in [-0.2, 0) is 6.54 Å². The van der Waals surface area contributed by atoms with Crippen LogP contribution in [0.4, 0.5) is 0 Å². The van der Waals surface area contributed by atoms with E-state index in [-0.39, 0.29) is 0 Å². The van der Waals surface area contributed by atoms with Gasteiger partial charge in [-0.05, 0) is 24.9 Å². The van der Waals surface area contributed by atoms with Gasteiger partial charge in [-0.3, -0.25) is 9.80 Å². The first-order valence-electron chi connectivity index (χ1n) is 7.63. The minimum Gasteiger partial charge on any atom is -0.311 e.